The number of aliphatic carboxylic acids is 1. The van der Waals surface area contributed by atoms with Crippen LogP contribution in [0.2, 0.25) is 0 Å². The largest absolute Gasteiger partial charge is 0.573 e. The molecule has 0 aromatic heterocycles. The van der Waals surface area contributed by atoms with Crippen LogP contribution in [-0.2, 0) is 16.1 Å². The summed E-state index contributed by atoms with van der Waals surface area (Å²) in [5.41, 5.74) is 0.672. The van der Waals surface area contributed by atoms with Gasteiger partial charge in [0.05, 0.1) is 19.3 Å². The number of ether oxygens (including phenoxy) is 3. The topological polar surface area (TPSA) is 97.3 Å². The van der Waals surface area contributed by atoms with Gasteiger partial charge >= 0.3 is 18.4 Å². The van der Waals surface area contributed by atoms with Crippen LogP contribution in [0.25, 0.3) is 0 Å². The first-order chi connectivity index (χ1) is 18.1. The van der Waals surface area contributed by atoms with Crippen LogP contribution in [0.3, 0.4) is 0 Å². The molecule has 1 aliphatic heterocycles. The average Bonchev–Trinajstić information content (AvgIpc) is 3.18. The Morgan fingerprint density at radius 1 is 1.08 bits per heavy atom. The number of hydrogen-bond donors (Lipinski definition) is 2. The molecule has 0 saturated carbocycles. The highest BCUT2D eigenvalue weighted by Crippen LogP contribution is 2.48. The number of carbonyl (C=O) groups is 2. The molecule has 0 aliphatic carbocycles. The van der Waals surface area contributed by atoms with Gasteiger partial charge < -0.3 is 24.6 Å². The van der Waals surface area contributed by atoms with Gasteiger partial charge in [0.2, 0.25) is 0 Å². The molecule has 0 unspecified atom stereocenters. The predicted octanol–water partition coefficient (Wildman–Crippen LogP) is 5.77. The zero-order valence-corrected chi connectivity index (χ0v) is 22.8. The smallest absolute Gasteiger partial charge is 0.496 e. The summed E-state index contributed by atoms with van der Waals surface area (Å²) in [4.78, 5) is 27.4. The highest BCUT2D eigenvalue weighted by Gasteiger charge is 2.58. The van der Waals surface area contributed by atoms with Crippen molar-refractivity contribution in [1.82, 2.24) is 10.2 Å². The monoisotopic (exact) mass is 552 g/mol. The van der Waals surface area contributed by atoms with Crippen LogP contribution in [0.5, 0.6) is 11.5 Å². The molecule has 39 heavy (non-hydrogen) atoms. The lowest BCUT2D eigenvalue weighted by atomic mass is 9.72. The van der Waals surface area contributed by atoms with Gasteiger partial charge in [0.25, 0.3) is 0 Å². The van der Waals surface area contributed by atoms with Crippen LogP contribution < -0.4 is 14.8 Å². The van der Waals surface area contributed by atoms with Crippen molar-refractivity contribution in [2.45, 2.75) is 71.8 Å². The molecule has 8 nitrogen and oxygen atoms in total. The number of benzene rings is 2. The van der Waals surface area contributed by atoms with Gasteiger partial charge in [-0.1, -0.05) is 57.2 Å². The van der Waals surface area contributed by atoms with E-state index in [1.807, 2.05) is 39.0 Å². The zero-order chi connectivity index (χ0) is 29.1. The third kappa shape index (κ3) is 7.14. The quantitative estimate of drug-likeness (QED) is 0.429. The van der Waals surface area contributed by atoms with Crippen molar-refractivity contribution in [3.8, 4) is 11.5 Å². The Labute approximate surface area is 226 Å². The van der Waals surface area contributed by atoms with E-state index in [0.717, 1.165) is 11.6 Å². The van der Waals surface area contributed by atoms with Crippen LogP contribution in [0, 0.1) is 11.3 Å². The molecule has 0 bridgehead atoms. The summed E-state index contributed by atoms with van der Waals surface area (Å²) in [5, 5.41) is 13.8. The lowest BCUT2D eigenvalue weighted by molar-refractivity contribution is -0.274. The fourth-order valence-electron chi connectivity index (χ4n) is 5.24. The van der Waals surface area contributed by atoms with Crippen molar-refractivity contribution in [3.63, 3.8) is 0 Å². The summed E-state index contributed by atoms with van der Waals surface area (Å²) < 4.78 is 52.9. The summed E-state index contributed by atoms with van der Waals surface area (Å²) in [5.74, 6) is -1.99. The first-order valence-electron chi connectivity index (χ1n) is 12.6. The lowest BCUT2D eigenvalue weighted by Gasteiger charge is -2.35. The lowest BCUT2D eigenvalue weighted by Crippen LogP contribution is -2.48. The highest BCUT2D eigenvalue weighted by molar-refractivity contribution is 5.82. The van der Waals surface area contributed by atoms with E-state index in [0.29, 0.717) is 5.56 Å². The predicted molar refractivity (Wildman–Crippen MR) is 137 cm³/mol. The number of carboxylic acid groups (broad SMARTS) is 1. The number of alkyl halides is 3. The summed E-state index contributed by atoms with van der Waals surface area (Å²) >= 11 is 0. The SMILES string of the molecule is COc1cc(OC(F)(F)F)ccc1CN[C@@H]1[C@@H](C(C)(C)C)[C@H](C(=O)O)N(C(=O)OC(C)C)[C@@H]1c1ccccc1. The summed E-state index contributed by atoms with van der Waals surface area (Å²) in [6, 6.07) is 10.4. The van der Waals surface area contributed by atoms with Gasteiger partial charge in [0, 0.05) is 30.1 Å². The Kier molecular flexibility index (Phi) is 9.05. The van der Waals surface area contributed by atoms with E-state index < -0.39 is 59.7 Å². The second-order valence-corrected chi connectivity index (χ2v) is 10.8. The Bertz CT molecular complexity index is 1150. The Morgan fingerprint density at radius 3 is 2.23 bits per heavy atom. The van der Waals surface area contributed by atoms with Crippen LogP contribution in [0.15, 0.2) is 48.5 Å². The molecule has 1 amide bonds. The van der Waals surface area contributed by atoms with Crippen molar-refractivity contribution < 1.29 is 42.1 Å². The van der Waals surface area contributed by atoms with Gasteiger partial charge in [-0.3, -0.25) is 4.90 Å². The molecule has 214 valence electrons. The maximum Gasteiger partial charge on any atom is 0.573 e. The second-order valence-electron chi connectivity index (χ2n) is 10.8. The number of rotatable bonds is 8. The normalized spacial score (nSPS) is 21.6. The second kappa shape index (κ2) is 11.7. The number of nitrogens with zero attached hydrogens (tertiary/aromatic N) is 1. The molecule has 11 heteroatoms. The summed E-state index contributed by atoms with van der Waals surface area (Å²) in [7, 11) is 1.33. The van der Waals surface area contributed by atoms with Gasteiger partial charge in [-0.2, -0.15) is 0 Å². The molecule has 1 fully saturated rings. The molecule has 1 saturated heterocycles. The number of halogens is 3. The molecule has 3 rings (SSSR count). The van der Waals surface area contributed by atoms with Gasteiger partial charge in [-0.25, -0.2) is 9.59 Å². The first kappa shape index (κ1) is 30.1. The van der Waals surface area contributed by atoms with Gasteiger partial charge in [0.15, 0.2) is 0 Å². The van der Waals surface area contributed by atoms with E-state index in [9.17, 15) is 27.9 Å². The fraction of sp³-hybridized carbons (Fsp3) is 0.500. The first-order valence-corrected chi connectivity index (χ1v) is 12.6. The van der Waals surface area contributed by atoms with Crippen molar-refractivity contribution in [2.24, 2.45) is 11.3 Å². The number of likely N-dealkylation sites (tertiary alicyclic amines) is 1. The van der Waals surface area contributed by atoms with E-state index in [2.05, 4.69) is 10.1 Å². The standard InChI is InChI=1S/C28H35F3N2O6/c1-16(2)38-26(36)33-23(17-10-8-7-9-11-17)22(21(27(3,4)5)24(33)25(34)35)32-15-18-12-13-19(14-20(18)37-6)39-28(29,30)31/h7-14,16,21-24,32H,15H2,1-6H3,(H,34,35)/t21-,22-,23-,24-/m1/s1. The Balaban J connectivity index is 2.07. The van der Waals surface area contributed by atoms with E-state index in [-0.39, 0.29) is 12.3 Å². The van der Waals surface area contributed by atoms with Crippen molar-refractivity contribution >= 4 is 12.1 Å². The van der Waals surface area contributed by atoms with Gasteiger partial charge in [-0.15, -0.1) is 13.2 Å². The molecule has 4 atom stereocenters. The van der Waals surface area contributed by atoms with Crippen molar-refractivity contribution in [2.75, 3.05) is 7.11 Å². The maximum absolute atomic E-state index is 13.4. The molecular weight excluding hydrogens is 517 g/mol. The van der Waals surface area contributed by atoms with E-state index in [4.69, 9.17) is 9.47 Å². The molecule has 0 spiro atoms. The Morgan fingerprint density at radius 2 is 1.72 bits per heavy atom. The summed E-state index contributed by atoms with van der Waals surface area (Å²) in [6.45, 7) is 9.23. The van der Waals surface area contributed by atoms with Gasteiger partial charge in [0.1, 0.15) is 17.5 Å². The number of carboxylic acids is 1. The minimum Gasteiger partial charge on any atom is -0.496 e. The number of amides is 1. The average molecular weight is 553 g/mol. The van der Waals surface area contributed by atoms with Crippen LogP contribution in [0.4, 0.5) is 18.0 Å². The van der Waals surface area contributed by atoms with E-state index >= 15 is 0 Å². The van der Waals surface area contributed by atoms with Crippen LogP contribution in [-0.4, -0.2) is 53.7 Å². The molecular formula is C28H35F3N2O6. The minimum absolute atomic E-state index is 0.120. The molecule has 2 aromatic rings. The zero-order valence-electron chi connectivity index (χ0n) is 22.8. The third-order valence-corrected chi connectivity index (χ3v) is 6.63. The van der Waals surface area contributed by atoms with Crippen LogP contribution in [0.1, 0.15) is 51.8 Å². The summed E-state index contributed by atoms with van der Waals surface area (Å²) in [6.07, 6.45) is -6.06. The molecule has 0 radical (unpaired) electrons. The maximum atomic E-state index is 13.4. The van der Waals surface area contributed by atoms with Crippen LogP contribution >= 0.6 is 0 Å². The minimum atomic E-state index is -4.85. The molecule has 1 heterocycles. The fourth-order valence-corrected chi connectivity index (χ4v) is 5.24. The Hall–Kier alpha value is -3.47. The number of nitrogens with one attached hydrogen (secondary N) is 1. The third-order valence-electron chi connectivity index (χ3n) is 6.63. The van der Waals surface area contributed by atoms with Gasteiger partial charge in [-0.05, 0) is 30.9 Å². The molecule has 2 aromatic carbocycles. The molecule has 2 N–H and O–H groups in total. The number of hydrogen-bond acceptors (Lipinski definition) is 6. The van der Waals surface area contributed by atoms with E-state index in [1.165, 1.54) is 24.1 Å². The van der Waals surface area contributed by atoms with Crippen molar-refractivity contribution in [3.05, 3.63) is 59.7 Å². The van der Waals surface area contributed by atoms with E-state index in [1.54, 1.807) is 26.0 Å². The highest BCUT2D eigenvalue weighted by atomic mass is 19.4. The molecule has 1 aliphatic rings. The number of methoxy groups -OCH3 is 1. The van der Waals surface area contributed by atoms with Crippen molar-refractivity contribution in [1.29, 1.82) is 0 Å². The number of carbonyl (C=O) groups excluding carboxylic acids is 1.